The minimum Gasteiger partial charge on any atom is -0.275 e. The van der Waals surface area contributed by atoms with Gasteiger partial charge in [-0.2, -0.15) is 5.10 Å². The number of rotatable bonds is 5. The van der Waals surface area contributed by atoms with Gasteiger partial charge in [0, 0.05) is 13.2 Å². The number of aryl methyl sites for hydroxylation is 1. The molecule has 1 aromatic rings. The third-order valence-electron chi connectivity index (χ3n) is 1.61. The normalized spacial score (nSPS) is 11.1. The lowest BCUT2D eigenvalue weighted by atomic mass is 10.5. The summed E-state index contributed by atoms with van der Waals surface area (Å²) in [6, 6.07) is 2.11. The van der Waals surface area contributed by atoms with Gasteiger partial charge in [0.15, 0.2) is 0 Å². The van der Waals surface area contributed by atoms with Gasteiger partial charge < -0.3 is 0 Å². The number of thioether (sulfide) groups is 2. The molecule has 1 rings (SSSR count). The molecule has 0 unspecified atom stereocenters. The molecule has 0 spiro atoms. The molecule has 0 saturated carbocycles. The van der Waals surface area contributed by atoms with Crippen molar-refractivity contribution in [2.45, 2.75) is 18.4 Å². The molecule has 74 valence electrons. The summed E-state index contributed by atoms with van der Waals surface area (Å²) >= 11 is 3.91. The molecule has 0 aliphatic carbocycles. The van der Waals surface area contributed by atoms with E-state index in [2.05, 4.69) is 25.0 Å². The molecule has 0 amide bonds. The van der Waals surface area contributed by atoms with Crippen molar-refractivity contribution >= 4 is 23.5 Å². The van der Waals surface area contributed by atoms with Crippen LogP contribution in [0.4, 0.5) is 0 Å². The average molecular weight is 216 g/mol. The monoisotopic (exact) mass is 216 g/mol. The van der Waals surface area contributed by atoms with Crippen LogP contribution in [0, 0.1) is 0 Å². The lowest BCUT2D eigenvalue weighted by Crippen LogP contribution is -1.94. The minimum absolute atomic E-state index is 0.510. The molecule has 13 heavy (non-hydrogen) atoms. The first-order chi connectivity index (χ1) is 6.27. The molecule has 0 atom stereocenters. The Balaban J connectivity index is 2.63. The van der Waals surface area contributed by atoms with Gasteiger partial charge in [-0.15, -0.1) is 23.5 Å². The molecule has 0 aliphatic heterocycles. The van der Waals surface area contributed by atoms with Crippen LogP contribution in [0.3, 0.4) is 0 Å². The van der Waals surface area contributed by atoms with E-state index in [1.54, 1.807) is 0 Å². The first kappa shape index (κ1) is 11.0. The Kier molecular flexibility index (Phi) is 4.73. The molecule has 0 N–H and O–H groups in total. The molecule has 0 saturated heterocycles. The summed E-state index contributed by atoms with van der Waals surface area (Å²) in [7, 11) is 1.97. The number of aromatic nitrogens is 2. The Bertz CT molecular complexity index is 242. The Hall–Kier alpha value is -0.0900. The van der Waals surface area contributed by atoms with Crippen molar-refractivity contribution in [3.8, 4) is 0 Å². The van der Waals surface area contributed by atoms with Crippen molar-refractivity contribution in [1.82, 2.24) is 9.78 Å². The second-order valence-electron chi connectivity index (χ2n) is 2.66. The lowest BCUT2D eigenvalue weighted by Gasteiger charge is -2.10. The maximum absolute atomic E-state index is 4.42. The minimum atomic E-state index is 0.510. The van der Waals surface area contributed by atoms with Crippen molar-refractivity contribution in [2.75, 3.05) is 11.5 Å². The van der Waals surface area contributed by atoms with E-state index < -0.39 is 0 Å². The predicted octanol–water partition coefficient (Wildman–Crippen LogP) is 2.92. The van der Waals surface area contributed by atoms with Crippen LogP contribution < -0.4 is 0 Å². The molecule has 1 aromatic heterocycles. The van der Waals surface area contributed by atoms with E-state index in [-0.39, 0.29) is 0 Å². The highest BCUT2D eigenvalue weighted by Crippen LogP contribution is 2.37. The van der Waals surface area contributed by atoms with Gasteiger partial charge in [-0.1, -0.05) is 13.8 Å². The zero-order chi connectivity index (χ0) is 9.68. The first-order valence-electron chi connectivity index (χ1n) is 4.50. The highest BCUT2D eigenvalue weighted by atomic mass is 32.2. The molecule has 1 heterocycles. The maximum atomic E-state index is 4.42. The van der Waals surface area contributed by atoms with Crippen LogP contribution >= 0.6 is 23.5 Å². The number of hydrogen-bond acceptors (Lipinski definition) is 3. The van der Waals surface area contributed by atoms with E-state index in [9.17, 15) is 0 Å². The van der Waals surface area contributed by atoms with E-state index in [0.717, 1.165) is 11.5 Å². The predicted molar refractivity (Wildman–Crippen MR) is 62.2 cm³/mol. The average Bonchev–Trinajstić information content (AvgIpc) is 2.51. The lowest BCUT2D eigenvalue weighted by molar-refractivity contribution is 0.754. The quantitative estimate of drug-likeness (QED) is 0.705. The molecule has 0 radical (unpaired) electrons. The molecule has 0 aliphatic rings. The van der Waals surface area contributed by atoms with Gasteiger partial charge in [-0.05, 0) is 17.6 Å². The highest BCUT2D eigenvalue weighted by Gasteiger charge is 2.12. The number of nitrogens with zero attached hydrogens (tertiary/aromatic N) is 2. The van der Waals surface area contributed by atoms with Crippen LogP contribution in [-0.2, 0) is 7.05 Å². The van der Waals surface area contributed by atoms with Gasteiger partial charge in [-0.25, -0.2) is 0 Å². The van der Waals surface area contributed by atoms with Gasteiger partial charge in [-0.3, -0.25) is 4.68 Å². The third kappa shape index (κ3) is 3.27. The first-order valence-corrected chi connectivity index (χ1v) is 6.60. The fraction of sp³-hybridized carbons (Fsp3) is 0.667. The molecule has 0 aromatic carbocycles. The largest absolute Gasteiger partial charge is 0.275 e. The maximum Gasteiger partial charge on any atom is 0.0940 e. The van der Waals surface area contributed by atoms with Crippen molar-refractivity contribution < 1.29 is 0 Å². The molecular formula is C9H16N2S2. The second kappa shape index (κ2) is 5.60. The van der Waals surface area contributed by atoms with Gasteiger partial charge in [0.05, 0.1) is 10.3 Å². The molecule has 0 fully saturated rings. The van der Waals surface area contributed by atoms with Gasteiger partial charge in [0.2, 0.25) is 0 Å². The summed E-state index contributed by atoms with van der Waals surface area (Å²) in [5.41, 5.74) is 1.20. The van der Waals surface area contributed by atoms with Crippen LogP contribution in [0.2, 0.25) is 0 Å². The van der Waals surface area contributed by atoms with Crippen molar-refractivity contribution in [3.05, 3.63) is 18.0 Å². The molecule has 0 bridgehead atoms. The summed E-state index contributed by atoms with van der Waals surface area (Å²) in [5.74, 6) is 2.29. The standard InChI is InChI=1S/C9H16N2S2/c1-4-12-9(13-5-2)8-6-7-11(3)10-8/h6-7,9H,4-5H2,1-3H3. The molecular weight excluding hydrogens is 200 g/mol. The third-order valence-corrected chi connectivity index (χ3v) is 4.18. The topological polar surface area (TPSA) is 17.8 Å². The summed E-state index contributed by atoms with van der Waals surface area (Å²) in [6.45, 7) is 4.38. The van der Waals surface area contributed by atoms with E-state index in [1.165, 1.54) is 5.69 Å². The van der Waals surface area contributed by atoms with Gasteiger partial charge in [0.25, 0.3) is 0 Å². The van der Waals surface area contributed by atoms with Gasteiger partial charge in [0.1, 0.15) is 0 Å². The Morgan fingerprint density at radius 3 is 2.38 bits per heavy atom. The van der Waals surface area contributed by atoms with Crippen molar-refractivity contribution in [3.63, 3.8) is 0 Å². The van der Waals surface area contributed by atoms with Crippen molar-refractivity contribution in [2.24, 2.45) is 7.05 Å². The molecule has 2 nitrogen and oxygen atoms in total. The van der Waals surface area contributed by atoms with Gasteiger partial charge >= 0.3 is 0 Å². The van der Waals surface area contributed by atoms with Crippen LogP contribution in [0.25, 0.3) is 0 Å². The fourth-order valence-corrected chi connectivity index (χ4v) is 3.48. The van der Waals surface area contributed by atoms with E-state index in [0.29, 0.717) is 4.58 Å². The highest BCUT2D eigenvalue weighted by molar-refractivity contribution is 8.16. The summed E-state index contributed by atoms with van der Waals surface area (Å²) < 4.78 is 2.38. The Labute approximate surface area is 88.5 Å². The second-order valence-corrected chi connectivity index (χ2v) is 5.72. The zero-order valence-corrected chi connectivity index (χ0v) is 9.99. The number of hydrogen-bond donors (Lipinski definition) is 0. The molecule has 4 heteroatoms. The fourth-order valence-electron chi connectivity index (χ4n) is 1.08. The van der Waals surface area contributed by atoms with E-state index >= 15 is 0 Å². The van der Waals surface area contributed by atoms with E-state index in [1.807, 2.05) is 41.5 Å². The summed E-state index contributed by atoms with van der Waals surface area (Å²) in [5, 5.41) is 4.42. The smallest absolute Gasteiger partial charge is 0.0940 e. The Morgan fingerprint density at radius 2 is 2.00 bits per heavy atom. The SMILES string of the molecule is CCSC(SCC)c1ccn(C)n1. The van der Waals surface area contributed by atoms with Crippen LogP contribution in [-0.4, -0.2) is 21.3 Å². The van der Waals surface area contributed by atoms with Crippen LogP contribution in [0.1, 0.15) is 24.1 Å². The van der Waals surface area contributed by atoms with Crippen LogP contribution in [0.15, 0.2) is 12.3 Å². The zero-order valence-electron chi connectivity index (χ0n) is 8.36. The summed E-state index contributed by atoms with van der Waals surface area (Å²) in [4.78, 5) is 0. The van der Waals surface area contributed by atoms with E-state index in [4.69, 9.17) is 0 Å². The summed E-state index contributed by atoms with van der Waals surface area (Å²) in [6.07, 6.45) is 2.01. The Morgan fingerprint density at radius 1 is 1.38 bits per heavy atom. The van der Waals surface area contributed by atoms with Crippen LogP contribution in [0.5, 0.6) is 0 Å². The van der Waals surface area contributed by atoms with Crippen molar-refractivity contribution in [1.29, 1.82) is 0 Å².